The molecule has 0 aromatic carbocycles. The molecule has 6 heteroatoms. The molecule has 1 N–H and O–H groups in total. The number of anilines is 1. The van der Waals surface area contributed by atoms with Gasteiger partial charge >= 0.3 is 5.97 Å². The molecular formula is C16H25N3O3. The molecule has 0 bridgehead atoms. The lowest BCUT2D eigenvalue weighted by Gasteiger charge is -2.15. The molecule has 1 amide bonds. The van der Waals surface area contributed by atoms with E-state index in [0.29, 0.717) is 31.0 Å². The SMILES string of the molecule is CCCCN(C)CCC(=O)Nc1cc(C(=O)OCC)ccn1. The minimum atomic E-state index is -0.417. The quantitative estimate of drug-likeness (QED) is 0.709. The summed E-state index contributed by atoms with van der Waals surface area (Å²) in [5.74, 6) is -0.164. The fourth-order valence-corrected chi connectivity index (χ4v) is 1.88. The highest BCUT2D eigenvalue weighted by atomic mass is 16.5. The van der Waals surface area contributed by atoms with E-state index in [1.54, 1.807) is 13.0 Å². The highest BCUT2D eigenvalue weighted by Crippen LogP contribution is 2.09. The van der Waals surface area contributed by atoms with Gasteiger partial charge in [0, 0.05) is 19.2 Å². The third-order valence-electron chi connectivity index (χ3n) is 3.15. The third-order valence-corrected chi connectivity index (χ3v) is 3.15. The molecule has 1 heterocycles. The Morgan fingerprint density at radius 3 is 2.77 bits per heavy atom. The van der Waals surface area contributed by atoms with Gasteiger partial charge in [-0.3, -0.25) is 4.79 Å². The Bertz CT molecular complexity index is 491. The molecular weight excluding hydrogens is 282 g/mol. The summed E-state index contributed by atoms with van der Waals surface area (Å²) in [6.07, 6.45) is 4.14. The zero-order valence-electron chi connectivity index (χ0n) is 13.6. The fraction of sp³-hybridized carbons (Fsp3) is 0.562. The highest BCUT2D eigenvalue weighted by molar-refractivity contribution is 5.93. The molecule has 0 fully saturated rings. The van der Waals surface area contributed by atoms with Crippen LogP contribution in [0.15, 0.2) is 18.3 Å². The van der Waals surface area contributed by atoms with Crippen molar-refractivity contribution in [2.45, 2.75) is 33.1 Å². The Labute approximate surface area is 131 Å². The molecule has 0 aliphatic heterocycles. The predicted molar refractivity (Wildman–Crippen MR) is 85.8 cm³/mol. The van der Waals surface area contributed by atoms with E-state index in [4.69, 9.17) is 4.74 Å². The van der Waals surface area contributed by atoms with Gasteiger partial charge in [0.2, 0.25) is 5.91 Å². The average molecular weight is 307 g/mol. The van der Waals surface area contributed by atoms with E-state index < -0.39 is 5.97 Å². The number of esters is 1. The zero-order chi connectivity index (χ0) is 16.4. The summed E-state index contributed by atoms with van der Waals surface area (Å²) in [5.41, 5.74) is 0.382. The normalized spacial score (nSPS) is 10.5. The van der Waals surface area contributed by atoms with Crippen molar-refractivity contribution < 1.29 is 14.3 Å². The Morgan fingerprint density at radius 1 is 1.32 bits per heavy atom. The first kappa shape index (κ1) is 18.1. The molecule has 6 nitrogen and oxygen atoms in total. The molecule has 22 heavy (non-hydrogen) atoms. The van der Waals surface area contributed by atoms with E-state index in [1.165, 1.54) is 12.3 Å². The van der Waals surface area contributed by atoms with Crippen LogP contribution in [0.4, 0.5) is 5.82 Å². The van der Waals surface area contributed by atoms with Crippen LogP contribution in [0.1, 0.15) is 43.5 Å². The monoisotopic (exact) mass is 307 g/mol. The van der Waals surface area contributed by atoms with Crippen molar-refractivity contribution in [1.82, 2.24) is 9.88 Å². The van der Waals surface area contributed by atoms with Crippen LogP contribution in [0, 0.1) is 0 Å². The lowest BCUT2D eigenvalue weighted by atomic mass is 10.2. The number of aromatic nitrogens is 1. The van der Waals surface area contributed by atoms with Gasteiger partial charge in [0.25, 0.3) is 0 Å². The van der Waals surface area contributed by atoms with Crippen molar-refractivity contribution >= 4 is 17.7 Å². The van der Waals surface area contributed by atoms with Crippen LogP contribution >= 0.6 is 0 Å². The number of hydrogen-bond acceptors (Lipinski definition) is 5. The molecule has 0 aliphatic rings. The average Bonchev–Trinajstić information content (AvgIpc) is 2.51. The van der Waals surface area contributed by atoms with Gasteiger partial charge in [-0.05, 0) is 39.1 Å². The van der Waals surface area contributed by atoms with E-state index in [1.807, 2.05) is 7.05 Å². The lowest BCUT2D eigenvalue weighted by molar-refractivity contribution is -0.116. The van der Waals surface area contributed by atoms with Gasteiger partial charge in [-0.1, -0.05) is 13.3 Å². The van der Waals surface area contributed by atoms with Crippen LogP contribution in [0.2, 0.25) is 0 Å². The first-order valence-corrected chi connectivity index (χ1v) is 7.68. The number of rotatable bonds is 9. The number of unbranched alkanes of at least 4 members (excludes halogenated alkanes) is 1. The minimum absolute atomic E-state index is 0.114. The number of nitrogens with one attached hydrogen (secondary N) is 1. The smallest absolute Gasteiger partial charge is 0.338 e. The van der Waals surface area contributed by atoms with Crippen molar-refractivity contribution in [3.8, 4) is 0 Å². The summed E-state index contributed by atoms with van der Waals surface area (Å²) < 4.78 is 4.92. The Kier molecular flexibility index (Phi) is 8.14. The van der Waals surface area contributed by atoms with Gasteiger partial charge < -0.3 is 15.0 Å². The maximum Gasteiger partial charge on any atom is 0.338 e. The van der Waals surface area contributed by atoms with Gasteiger partial charge in [-0.25, -0.2) is 9.78 Å². The zero-order valence-corrected chi connectivity index (χ0v) is 13.6. The molecule has 0 unspecified atom stereocenters. The first-order valence-electron chi connectivity index (χ1n) is 7.68. The molecule has 0 saturated carbocycles. The van der Waals surface area contributed by atoms with Gasteiger partial charge in [0.05, 0.1) is 12.2 Å². The maximum atomic E-state index is 11.9. The number of ether oxygens (including phenoxy) is 1. The van der Waals surface area contributed by atoms with Gasteiger partial charge in [-0.2, -0.15) is 0 Å². The number of pyridine rings is 1. The van der Waals surface area contributed by atoms with E-state index in [2.05, 4.69) is 22.1 Å². The summed E-state index contributed by atoms with van der Waals surface area (Å²) in [6, 6.07) is 3.09. The maximum absolute atomic E-state index is 11.9. The van der Waals surface area contributed by atoms with Gasteiger partial charge in [0.1, 0.15) is 5.82 Å². The van der Waals surface area contributed by atoms with E-state index in [0.717, 1.165) is 19.4 Å². The molecule has 1 rings (SSSR count). The van der Waals surface area contributed by atoms with Crippen LogP contribution in [0.25, 0.3) is 0 Å². The van der Waals surface area contributed by atoms with Crippen molar-refractivity contribution in [3.63, 3.8) is 0 Å². The number of carbonyl (C=O) groups is 2. The summed E-state index contributed by atoms with van der Waals surface area (Å²) in [7, 11) is 2.00. The van der Waals surface area contributed by atoms with Crippen LogP contribution < -0.4 is 5.32 Å². The Balaban J connectivity index is 2.47. The van der Waals surface area contributed by atoms with Crippen LogP contribution in [0.3, 0.4) is 0 Å². The van der Waals surface area contributed by atoms with E-state index >= 15 is 0 Å². The summed E-state index contributed by atoms with van der Waals surface area (Å²) >= 11 is 0. The van der Waals surface area contributed by atoms with E-state index in [-0.39, 0.29) is 5.91 Å². The molecule has 0 atom stereocenters. The fourth-order valence-electron chi connectivity index (χ4n) is 1.88. The van der Waals surface area contributed by atoms with Crippen molar-refractivity contribution in [1.29, 1.82) is 0 Å². The first-order chi connectivity index (χ1) is 10.6. The van der Waals surface area contributed by atoms with E-state index in [9.17, 15) is 9.59 Å². The molecule has 122 valence electrons. The number of amides is 1. The second-order valence-electron chi connectivity index (χ2n) is 5.11. The summed E-state index contributed by atoms with van der Waals surface area (Å²) in [5, 5.41) is 2.71. The van der Waals surface area contributed by atoms with Crippen molar-refractivity contribution in [2.24, 2.45) is 0 Å². The number of hydrogen-bond donors (Lipinski definition) is 1. The van der Waals surface area contributed by atoms with Crippen LogP contribution in [-0.4, -0.2) is 48.5 Å². The Morgan fingerprint density at radius 2 is 2.09 bits per heavy atom. The predicted octanol–water partition coefficient (Wildman–Crippen LogP) is 2.32. The molecule has 0 spiro atoms. The number of nitrogens with zero attached hydrogens (tertiary/aromatic N) is 2. The van der Waals surface area contributed by atoms with Crippen LogP contribution in [-0.2, 0) is 9.53 Å². The second kappa shape index (κ2) is 9.89. The van der Waals surface area contributed by atoms with Gasteiger partial charge in [0.15, 0.2) is 0 Å². The molecule has 0 aliphatic carbocycles. The third kappa shape index (κ3) is 6.67. The summed E-state index contributed by atoms with van der Waals surface area (Å²) in [4.78, 5) is 29.7. The molecule has 0 saturated heterocycles. The van der Waals surface area contributed by atoms with Crippen molar-refractivity contribution in [2.75, 3.05) is 32.1 Å². The van der Waals surface area contributed by atoms with Crippen molar-refractivity contribution in [3.05, 3.63) is 23.9 Å². The summed E-state index contributed by atoms with van der Waals surface area (Å²) in [6.45, 7) is 5.89. The standard InChI is InChI=1S/C16H25N3O3/c1-4-6-10-19(3)11-8-15(20)18-14-12-13(7-9-17-14)16(21)22-5-2/h7,9,12H,4-6,8,10-11H2,1-3H3,(H,17,18,20). The molecule has 0 radical (unpaired) electrons. The number of carbonyl (C=O) groups excluding carboxylic acids is 2. The molecule has 1 aromatic heterocycles. The van der Waals surface area contributed by atoms with Crippen LogP contribution in [0.5, 0.6) is 0 Å². The second-order valence-corrected chi connectivity index (χ2v) is 5.11. The van der Waals surface area contributed by atoms with Gasteiger partial charge in [-0.15, -0.1) is 0 Å². The Hall–Kier alpha value is -1.95. The molecule has 1 aromatic rings. The lowest BCUT2D eigenvalue weighted by Crippen LogP contribution is -2.25. The minimum Gasteiger partial charge on any atom is -0.462 e. The topological polar surface area (TPSA) is 71.5 Å². The largest absolute Gasteiger partial charge is 0.462 e. The highest BCUT2D eigenvalue weighted by Gasteiger charge is 2.10.